The van der Waals surface area contributed by atoms with E-state index in [4.69, 9.17) is 4.74 Å². The summed E-state index contributed by atoms with van der Waals surface area (Å²) in [5, 5.41) is 7.82. The molecule has 0 bridgehead atoms. The number of rotatable bonds is 3. The highest BCUT2D eigenvalue weighted by atomic mass is 19.4. The number of hydrogen-bond acceptors (Lipinski definition) is 4. The maximum absolute atomic E-state index is 12.6. The van der Waals surface area contributed by atoms with Crippen LogP contribution in [0.5, 0.6) is 5.88 Å². The molecule has 1 atom stereocenters. The highest BCUT2D eigenvalue weighted by molar-refractivity contribution is 5.94. The first-order valence-electron chi connectivity index (χ1n) is 7.76. The van der Waals surface area contributed by atoms with Crippen LogP contribution in [0.1, 0.15) is 28.0 Å². The average Bonchev–Trinajstić information content (AvgIpc) is 3.04. The van der Waals surface area contributed by atoms with Crippen LogP contribution in [-0.4, -0.2) is 40.2 Å². The quantitative estimate of drug-likeness (QED) is 0.853. The minimum Gasteiger partial charge on any atom is -0.471 e. The molecule has 5 nitrogen and oxygen atoms in total. The summed E-state index contributed by atoms with van der Waals surface area (Å²) in [6, 6.07) is 7.72. The third-order valence-electron chi connectivity index (χ3n) is 3.95. The fourth-order valence-electron chi connectivity index (χ4n) is 2.61. The van der Waals surface area contributed by atoms with Crippen molar-refractivity contribution in [2.45, 2.75) is 25.6 Å². The number of amides is 1. The zero-order valence-corrected chi connectivity index (χ0v) is 13.5. The molecule has 1 saturated heterocycles. The van der Waals surface area contributed by atoms with Crippen molar-refractivity contribution in [2.24, 2.45) is 0 Å². The van der Waals surface area contributed by atoms with Gasteiger partial charge in [0, 0.05) is 24.6 Å². The van der Waals surface area contributed by atoms with E-state index in [1.165, 1.54) is 12.1 Å². The van der Waals surface area contributed by atoms with Crippen LogP contribution in [0.3, 0.4) is 0 Å². The number of nitrogens with zero attached hydrogens (tertiary/aromatic N) is 3. The molecule has 1 aliphatic rings. The van der Waals surface area contributed by atoms with Crippen molar-refractivity contribution in [1.82, 2.24) is 15.1 Å². The number of ether oxygens (including phenoxy) is 1. The zero-order chi connectivity index (χ0) is 18.0. The molecule has 25 heavy (non-hydrogen) atoms. The maximum atomic E-state index is 12.6. The molecule has 0 N–H and O–H groups in total. The molecule has 1 fully saturated rings. The van der Waals surface area contributed by atoms with Gasteiger partial charge in [-0.2, -0.15) is 18.3 Å². The van der Waals surface area contributed by atoms with E-state index in [-0.39, 0.29) is 17.6 Å². The molecule has 3 rings (SSSR count). The lowest BCUT2D eigenvalue weighted by atomic mass is 10.1. The van der Waals surface area contributed by atoms with Gasteiger partial charge in [-0.1, -0.05) is 0 Å². The van der Waals surface area contributed by atoms with Crippen LogP contribution in [-0.2, 0) is 6.18 Å². The molecule has 2 aromatic rings. The van der Waals surface area contributed by atoms with Gasteiger partial charge in [0.05, 0.1) is 17.8 Å². The first kappa shape index (κ1) is 17.2. The van der Waals surface area contributed by atoms with Crippen molar-refractivity contribution in [1.29, 1.82) is 0 Å². The van der Waals surface area contributed by atoms with Crippen LogP contribution in [0, 0.1) is 6.92 Å². The fourth-order valence-corrected chi connectivity index (χ4v) is 2.61. The van der Waals surface area contributed by atoms with Gasteiger partial charge in [-0.15, -0.1) is 5.10 Å². The molecular weight excluding hydrogens is 335 g/mol. The minimum atomic E-state index is -4.41. The molecule has 8 heteroatoms. The Balaban J connectivity index is 1.61. The van der Waals surface area contributed by atoms with Crippen molar-refractivity contribution in [3.8, 4) is 5.88 Å². The Kier molecular flexibility index (Phi) is 4.61. The first-order chi connectivity index (χ1) is 11.8. The van der Waals surface area contributed by atoms with Crippen molar-refractivity contribution in [3.05, 3.63) is 53.2 Å². The van der Waals surface area contributed by atoms with E-state index < -0.39 is 11.7 Å². The highest BCUT2D eigenvalue weighted by Crippen LogP contribution is 2.29. The van der Waals surface area contributed by atoms with Gasteiger partial charge in [0.1, 0.15) is 6.10 Å². The lowest BCUT2D eigenvalue weighted by Crippen LogP contribution is -2.31. The Morgan fingerprint density at radius 1 is 1.16 bits per heavy atom. The molecule has 1 unspecified atom stereocenters. The molecule has 0 aliphatic carbocycles. The summed E-state index contributed by atoms with van der Waals surface area (Å²) in [6.07, 6.45) is -4.00. The third kappa shape index (κ3) is 4.07. The number of carbonyl (C=O) groups is 1. The standard InChI is InChI=1S/C17H16F3N3O2/c1-11-2-7-15(22-21-11)25-14-8-9-23(10-14)16(24)12-3-5-13(6-4-12)17(18,19)20/h2-7,14H,8-10H2,1H3. The molecule has 2 heterocycles. The largest absolute Gasteiger partial charge is 0.471 e. The van der Waals surface area contributed by atoms with E-state index in [1.807, 2.05) is 6.92 Å². The van der Waals surface area contributed by atoms with Gasteiger partial charge in [-0.05, 0) is 37.3 Å². The van der Waals surface area contributed by atoms with Gasteiger partial charge >= 0.3 is 6.18 Å². The monoisotopic (exact) mass is 351 g/mol. The highest BCUT2D eigenvalue weighted by Gasteiger charge is 2.32. The second-order valence-corrected chi connectivity index (χ2v) is 5.87. The van der Waals surface area contributed by atoms with Crippen molar-refractivity contribution in [2.75, 3.05) is 13.1 Å². The Labute approximate surface area is 142 Å². The fraction of sp³-hybridized carbons (Fsp3) is 0.353. The molecule has 132 valence electrons. The molecular formula is C17H16F3N3O2. The number of alkyl halides is 3. The molecule has 1 aromatic heterocycles. The summed E-state index contributed by atoms with van der Waals surface area (Å²) < 4.78 is 43.4. The Bertz CT molecular complexity index is 745. The van der Waals surface area contributed by atoms with Gasteiger partial charge in [-0.3, -0.25) is 4.79 Å². The Morgan fingerprint density at radius 3 is 2.48 bits per heavy atom. The summed E-state index contributed by atoms with van der Waals surface area (Å²) in [4.78, 5) is 14.0. The van der Waals surface area contributed by atoms with E-state index in [9.17, 15) is 18.0 Å². The van der Waals surface area contributed by atoms with E-state index >= 15 is 0 Å². The SMILES string of the molecule is Cc1ccc(OC2CCN(C(=O)c3ccc(C(F)(F)F)cc3)C2)nn1. The minimum absolute atomic E-state index is 0.213. The molecule has 0 saturated carbocycles. The van der Waals surface area contributed by atoms with Gasteiger partial charge < -0.3 is 9.64 Å². The predicted molar refractivity (Wildman–Crippen MR) is 83.1 cm³/mol. The van der Waals surface area contributed by atoms with Gasteiger partial charge in [0.15, 0.2) is 0 Å². The van der Waals surface area contributed by atoms with E-state index in [1.54, 1.807) is 17.0 Å². The first-order valence-corrected chi connectivity index (χ1v) is 7.76. The maximum Gasteiger partial charge on any atom is 0.416 e. The summed E-state index contributed by atoms with van der Waals surface area (Å²) >= 11 is 0. The Morgan fingerprint density at radius 2 is 1.88 bits per heavy atom. The van der Waals surface area contributed by atoms with E-state index in [0.29, 0.717) is 25.4 Å². The summed E-state index contributed by atoms with van der Waals surface area (Å²) in [5.74, 6) is 0.0780. The average molecular weight is 351 g/mol. The van der Waals surface area contributed by atoms with Crippen molar-refractivity contribution in [3.63, 3.8) is 0 Å². The van der Waals surface area contributed by atoms with Crippen LogP contribution in [0.15, 0.2) is 36.4 Å². The lowest BCUT2D eigenvalue weighted by molar-refractivity contribution is -0.137. The van der Waals surface area contributed by atoms with Crippen LogP contribution in [0.2, 0.25) is 0 Å². The van der Waals surface area contributed by atoms with Gasteiger partial charge in [0.25, 0.3) is 5.91 Å². The van der Waals surface area contributed by atoms with Crippen LogP contribution >= 0.6 is 0 Å². The summed E-state index contributed by atoms with van der Waals surface area (Å²) in [6.45, 7) is 2.65. The van der Waals surface area contributed by atoms with Crippen LogP contribution < -0.4 is 4.74 Å². The molecule has 1 aliphatic heterocycles. The lowest BCUT2D eigenvalue weighted by Gasteiger charge is -2.17. The van der Waals surface area contributed by atoms with E-state index in [0.717, 1.165) is 17.8 Å². The van der Waals surface area contributed by atoms with E-state index in [2.05, 4.69) is 10.2 Å². The molecule has 1 amide bonds. The smallest absolute Gasteiger partial charge is 0.416 e. The number of carbonyl (C=O) groups excluding carboxylic acids is 1. The number of halogens is 3. The second kappa shape index (κ2) is 6.70. The number of benzene rings is 1. The summed E-state index contributed by atoms with van der Waals surface area (Å²) in [5.41, 5.74) is 0.228. The Hall–Kier alpha value is -2.64. The molecule has 0 radical (unpaired) electrons. The van der Waals surface area contributed by atoms with Gasteiger partial charge in [-0.25, -0.2) is 0 Å². The number of likely N-dealkylation sites (tertiary alicyclic amines) is 1. The predicted octanol–water partition coefficient (Wildman–Crippen LogP) is 3.10. The molecule has 1 aromatic carbocycles. The summed E-state index contributed by atoms with van der Waals surface area (Å²) in [7, 11) is 0. The molecule has 0 spiro atoms. The number of hydrogen-bond donors (Lipinski definition) is 0. The number of aromatic nitrogens is 2. The topological polar surface area (TPSA) is 55.3 Å². The van der Waals surface area contributed by atoms with Crippen molar-refractivity contribution >= 4 is 5.91 Å². The van der Waals surface area contributed by atoms with Crippen LogP contribution in [0.25, 0.3) is 0 Å². The van der Waals surface area contributed by atoms with Gasteiger partial charge in [0.2, 0.25) is 5.88 Å². The van der Waals surface area contributed by atoms with Crippen molar-refractivity contribution < 1.29 is 22.7 Å². The normalized spacial score (nSPS) is 17.6. The second-order valence-electron chi connectivity index (χ2n) is 5.87. The number of aryl methyl sites for hydroxylation is 1. The van der Waals surface area contributed by atoms with Crippen LogP contribution in [0.4, 0.5) is 13.2 Å². The zero-order valence-electron chi connectivity index (χ0n) is 13.5. The third-order valence-corrected chi connectivity index (χ3v) is 3.95.